The van der Waals surface area contributed by atoms with E-state index in [1.54, 1.807) is 6.08 Å². The van der Waals surface area contributed by atoms with E-state index in [-0.39, 0.29) is 19.6 Å². The van der Waals surface area contributed by atoms with Crippen LogP contribution in [0.2, 0.25) is 0 Å². The Labute approximate surface area is 325 Å². The summed E-state index contributed by atoms with van der Waals surface area (Å²) in [6, 6.07) is -1.00. The van der Waals surface area contributed by atoms with Crippen molar-refractivity contribution >= 4 is 13.7 Å². The number of aliphatic hydroxyl groups is 2. The molecule has 0 heterocycles. The lowest BCUT2D eigenvalue weighted by Gasteiger charge is -2.24. The van der Waals surface area contributed by atoms with Crippen LogP contribution in [0.4, 0.5) is 0 Å². The van der Waals surface area contributed by atoms with E-state index in [1.165, 1.54) is 116 Å². The fraction of sp³-hybridized carbons (Fsp3) is 0.837. The topological polar surface area (TPSA) is 151 Å². The van der Waals surface area contributed by atoms with Crippen molar-refractivity contribution in [1.29, 1.82) is 0 Å². The van der Waals surface area contributed by atoms with Gasteiger partial charge in [-0.15, -0.1) is 0 Å². The summed E-state index contributed by atoms with van der Waals surface area (Å²) in [7, 11) is -4.41. The predicted octanol–water partition coefficient (Wildman–Crippen LogP) is 10.9. The van der Waals surface area contributed by atoms with Gasteiger partial charge in [0.2, 0.25) is 5.91 Å². The normalized spacial score (nSPS) is 15.1. The molecule has 0 rings (SSSR count). The summed E-state index contributed by atoms with van der Waals surface area (Å²) in [5.74, 6) is -0.461. The zero-order chi connectivity index (χ0) is 39.1. The second kappa shape index (κ2) is 38.9. The van der Waals surface area contributed by atoms with Crippen molar-refractivity contribution in [2.75, 3.05) is 19.8 Å². The van der Waals surface area contributed by atoms with Gasteiger partial charge in [0, 0.05) is 6.54 Å². The molecule has 0 saturated carbocycles. The lowest BCUT2D eigenvalue weighted by Crippen LogP contribution is -2.46. The number of unbranched alkanes of at least 4 members (excludes halogenated alkanes) is 22. The quantitative estimate of drug-likeness (QED) is 0.0235. The molecule has 0 fully saturated rings. The van der Waals surface area contributed by atoms with Crippen molar-refractivity contribution in [3.8, 4) is 0 Å². The summed E-state index contributed by atoms with van der Waals surface area (Å²) in [6.07, 6.45) is 42.3. The number of carbonyl (C=O) groups is 1. The van der Waals surface area contributed by atoms with Crippen LogP contribution < -0.4 is 11.1 Å². The van der Waals surface area contributed by atoms with Gasteiger partial charge in [0.15, 0.2) is 0 Å². The highest BCUT2D eigenvalue weighted by atomic mass is 31.2. The molecule has 0 aromatic rings. The number of carbonyl (C=O) groups excluding carboxylic acids is 1. The Balaban J connectivity index is 4.40. The molecule has 1 amide bonds. The van der Waals surface area contributed by atoms with Gasteiger partial charge in [-0.25, -0.2) is 4.57 Å². The Hall–Kier alpha value is -1.32. The second-order valence-corrected chi connectivity index (χ2v) is 16.2. The minimum atomic E-state index is -4.41. The first kappa shape index (κ1) is 51.7. The number of hydrogen-bond donors (Lipinski definition) is 5. The van der Waals surface area contributed by atoms with Gasteiger partial charge in [0.05, 0.1) is 37.9 Å². The van der Waals surface area contributed by atoms with Crippen LogP contribution in [0.1, 0.15) is 194 Å². The standard InChI is InChI=1S/C43H83N2O7P/c1-3-5-7-9-11-13-15-17-19-21-23-25-27-29-31-33-35-42(47)41(39-52-53(49,50)51-37-36-44)45-43(48)38-40(46)34-32-30-28-26-24-22-20-18-16-14-12-10-8-6-4-2/h18,20,25,27,33,35,40-42,46-47H,3-17,19,21-24,26,28-32,34,36-39,44H2,1-2H3,(H,45,48)(H,49,50)/b20-18-,27-25+,35-33+. The summed E-state index contributed by atoms with van der Waals surface area (Å²) in [5, 5.41) is 24.0. The van der Waals surface area contributed by atoms with E-state index in [9.17, 15) is 24.5 Å². The third-order valence-corrected chi connectivity index (χ3v) is 10.5. The molecule has 312 valence electrons. The van der Waals surface area contributed by atoms with E-state index in [0.29, 0.717) is 12.8 Å². The van der Waals surface area contributed by atoms with Crippen LogP contribution in [-0.2, 0) is 18.4 Å². The molecule has 0 aliphatic rings. The number of phosphoric acid groups is 1. The molecular weight excluding hydrogens is 687 g/mol. The first-order valence-corrected chi connectivity index (χ1v) is 23.2. The SMILES string of the molecule is CCCCCCCC/C=C\CCCCCCCC(O)CC(=O)NC(COP(=O)(O)OCCN)C(O)/C=C/CC/C=C/CCCCCCCCCCCC. The van der Waals surface area contributed by atoms with Gasteiger partial charge >= 0.3 is 7.82 Å². The predicted molar refractivity (Wildman–Crippen MR) is 223 cm³/mol. The highest BCUT2D eigenvalue weighted by Crippen LogP contribution is 2.43. The van der Waals surface area contributed by atoms with Crippen LogP contribution in [0.5, 0.6) is 0 Å². The summed E-state index contributed by atoms with van der Waals surface area (Å²) in [5.41, 5.74) is 5.36. The molecule has 4 atom stereocenters. The van der Waals surface area contributed by atoms with Gasteiger partial charge in [-0.05, 0) is 57.8 Å². The van der Waals surface area contributed by atoms with E-state index < -0.39 is 38.6 Å². The number of amides is 1. The molecule has 10 heteroatoms. The minimum Gasteiger partial charge on any atom is -0.393 e. The van der Waals surface area contributed by atoms with E-state index in [1.807, 2.05) is 6.08 Å². The van der Waals surface area contributed by atoms with Crippen molar-refractivity contribution in [3.05, 3.63) is 36.5 Å². The summed E-state index contributed by atoms with van der Waals surface area (Å²) >= 11 is 0. The molecule has 9 nitrogen and oxygen atoms in total. The maximum absolute atomic E-state index is 12.8. The number of hydrogen-bond acceptors (Lipinski definition) is 7. The van der Waals surface area contributed by atoms with Crippen LogP contribution in [0, 0.1) is 0 Å². The highest BCUT2D eigenvalue weighted by molar-refractivity contribution is 7.47. The molecule has 0 aliphatic heterocycles. The van der Waals surface area contributed by atoms with E-state index in [4.69, 9.17) is 14.8 Å². The zero-order valence-corrected chi connectivity index (χ0v) is 35.0. The molecule has 0 aliphatic carbocycles. The van der Waals surface area contributed by atoms with E-state index in [2.05, 4.69) is 43.5 Å². The number of allylic oxidation sites excluding steroid dienone is 5. The molecular formula is C43H83N2O7P. The summed E-state index contributed by atoms with van der Waals surface area (Å²) < 4.78 is 22.0. The highest BCUT2D eigenvalue weighted by Gasteiger charge is 2.27. The summed E-state index contributed by atoms with van der Waals surface area (Å²) in [6.45, 7) is 3.94. The van der Waals surface area contributed by atoms with Crippen molar-refractivity contribution in [2.24, 2.45) is 5.73 Å². The Morgan fingerprint density at radius 2 is 1.08 bits per heavy atom. The molecule has 0 bridgehead atoms. The third kappa shape index (κ3) is 37.4. The minimum absolute atomic E-state index is 0.0434. The molecule has 0 aromatic heterocycles. The van der Waals surface area contributed by atoms with Gasteiger partial charge in [0.25, 0.3) is 0 Å². The fourth-order valence-corrected chi connectivity index (χ4v) is 6.95. The molecule has 53 heavy (non-hydrogen) atoms. The van der Waals surface area contributed by atoms with Crippen LogP contribution >= 0.6 is 7.82 Å². The second-order valence-electron chi connectivity index (χ2n) is 14.7. The molecule has 6 N–H and O–H groups in total. The number of phosphoric ester groups is 1. The fourth-order valence-electron chi connectivity index (χ4n) is 6.19. The first-order chi connectivity index (χ1) is 25.8. The molecule has 0 radical (unpaired) electrons. The largest absolute Gasteiger partial charge is 0.472 e. The molecule has 4 unspecified atom stereocenters. The van der Waals surface area contributed by atoms with Crippen LogP contribution in [0.3, 0.4) is 0 Å². The summed E-state index contributed by atoms with van der Waals surface area (Å²) in [4.78, 5) is 22.7. The van der Waals surface area contributed by atoms with Gasteiger partial charge < -0.3 is 26.2 Å². The van der Waals surface area contributed by atoms with E-state index >= 15 is 0 Å². The Bertz CT molecular complexity index is 946. The number of aliphatic hydroxyl groups excluding tert-OH is 2. The molecule has 0 saturated heterocycles. The maximum atomic E-state index is 12.8. The Morgan fingerprint density at radius 3 is 1.57 bits per heavy atom. The van der Waals surface area contributed by atoms with Gasteiger partial charge in [-0.2, -0.15) is 0 Å². The smallest absolute Gasteiger partial charge is 0.393 e. The van der Waals surface area contributed by atoms with Crippen molar-refractivity contribution in [3.63, 3.8) is 0 Å². The van der Waals surface area contributed by atoms with Crippen molar-refractivity contribution < 1.29 is 33.5 Å². The zero-order valence-electron chi connectivity index (χ0n) is 34.1. The Kier molecular flexibility index (Phi) is 38.0. The monoisotopic (exact) mass is 771 g/mol. The van der Waals surface area contributed by atoms with Crippen LogP contribution in [0.15, 0.2) is 36.5 Å². The van der Waals surface area contributed by atoms with Crippen molar-refractivity contribution in [1.82, 2.24) is 5.32 Å². The van der Waals surface area contributed by atoms with Gasteiger partial charge in [0.1, 0.15) is 0 Å². The lowest BCUT2D eigenvalue weighted by molar-refractivity contribution is -0.124. The molecule has 0 aromatic carbocycles. The van der Waals surface area contributed by atoms with E-state index in [0.717, 1.165) is 44.9 Å². The van der Waals surface area contributed by atoms with Crippen molar-refractivity contribution in [2.45, 2.75) is 212 Å². The first-order valence-electron chi connectivity index (χ1n) is 21.7. The third-order valence-electron chi connectivity index (χ3n) is 9.49. The average molecular weight is 771 g/mol. The van der Waals surface area contributed by atoms with Crippen LogP contribution in [0.25, 0.3) is 0 Å². The van der Waals surface area contributed by atoms with Gasteiger partial charge in [-0.3, -0.25) is 13.8 Å². The van der Waals surface area contributed by atoms with Gasteiger partial charge in [-0.1, -0.05) is 166 Å². The Morgan fingerprint density at radius 1 is 0.642 bits per heavy atom. The molecule has 0 spiro atoms. The number of nitrogens with two attached hydrogens (primary N) is 1. The van der Waals surface area contributed by atoms with Crippen LogP contribution in [-0.4, -0.2) is 59.0 Å². The average Bonchev–Trinajstić information content (AvgIpc) is 3.13. The number of rotatable bonds is 40. The lowest BCUT2D eigenvalue weighted by atomic mass is 10.0. The maximum Gasteiger partial charge on any atom is 0.472 e. The number of nitrogens with one attached hydrogen (secondary N) is 1.